The highest BCUT2D eigenvalue weighted by molar-refractivity contribution is 7.92. The van der Waals surface area contributed by atoms with Crippen molar-refractivity contribution in [3.05, 3.63) is 53.6 Å². The maximum absolute atomic E-state index is 13.0. The average Bonchev–Trinajstić information content (AvgIpc) is 2.59. The first kappa shape index (κ1) is 20.8. The number of methoxy groups -OCH3 is 1. The van der Waals surface area contributed by atoms with Crippen LogP contribution in [0, 0.1) is 13.8 Å². The molecule has 0 aliphatic carbocycles. The number of hydrogen-bond acceptors (Lipinski definition) is 4. The summed E-state index contributed by atoms with van der Waals surface area (Å²) in [5.74, 6) is 0.109. The predicted octanol–water partition coefficient (Wildman–Crippen LogP) is 3.50. The molecule has 6 nitrogen and oxygen atoms in total. The summed E-state index contributed by atoms with van der Waals surface area (Å²) in [6.45, 7) is 5.61. The lowest BCUT2D eigenvalue weighted by Crippen LogP contribution is -2.47. The van der Waals surface area contributed by atoms with Gasteiger partial charge in [-0.05, 0) is 50.1 Å². The summed E-state index contributed by atoms with van der Waals surface area (Å²) in [5.41, 5.74) is 2.94. The van der Waals surface area contributed by atoms with Crippen LogP contribution in [0.3, 0.4) is 0 Å². The van der Waals surface area contributed by atoms with Crippen molar-refractivity contribution in [1.82, 2.24) is 0 Å². The molecule has 0 spiro atoms. The zero-order valence-electron chi connectivity index (χ0n) is 16.3. The van der Waals surface area contributed by atoms with Gasteiger partial charge < -0.3 is 10.1 Å². The molecule has 0 unspecified atom stereocenters. The van der Waals surface area contributed by atoms with E-state index in [4.69, 9.17) is 4.74 Å². The quantitative estimate of drug-likeness (QED) is 0.785. The first-order valence-corrected chi connectivity index (χ1v) is 10.5. The first-order valence-electron chi connectivity index (χ1n) is 8.69. The summed E-state index contributed by atoms with van der Waals surface area (Å²) in [5, 5.41) is 2.82. The zero-order chi connectivity index (χ0) is 20.2. The van der Waals surface area contributed by atoms with Crippen LogP contribution in [0.4, 0.5) is 11.4 Å². The van der Waals surface area contributed by atoms with Crippen molar-refractivity contribution < 1.29 is 17.9 Å². The number of carbonyl (C=O) groups is 1. The van der Waals surface area contributed by atoms with Crippen LogP contribution in [-0.4, -0.2) is 33.7 Å². The van der Waals surface area contributed by atoms with Crippen LogP contribution in [0.2, 0.25) is 0 Å². The minimum atomic E-state index is -3.66. The minimum Gasteiger partial charge on any atom is -0.495 e. The molecule has 0 heterocycles. The first-order chi connectivity index (χ1) is 12.7. The highest BCUT2D eigenvalue weighted by atomic mass is 32.2. The normalized spacial score (nSPS) is 12.3. The molecule has 0 saturated heterocycles. The molecular weight excluding hydrogens is 364 g/mol. The van der Waals surface area contributed by atoms with Crippen molar-refractivity contribution in [1.29, 1.82) is 0 Å². The van der Waals surface area contributed by atoms with Gasteiger partial charge in [-0.15, -0.1) is 0 Å². The van der Waals surface area contributed by atoms with Crippen LogP contribution in [0.15, 0.2) is 42.5 Å². The van der Waals surface area contributed by atoms with E-state index in [1.807, 2.05) is 32.0 Å². The third kappa shape index (κ3) is 5.01. The summed E-state index contributed by atoms with van der Waals surface area (Å²) in [4.78, 5) is 13.0. The number of anilines is 2. The molecule has 27 heavy (non-hydrogen) atoms. The number of rotatable bonds is 7. The maximum Gasteiger partial charge on any atom is 0.248 e. The molecule has 0 radical (unpaired) electrons. The Hall–Kier alpha value is -2.54. The van der Waals surface area contributed by atoms with E-state index in [1.165, 1.54) is 11.4 Å². The van der Waals surface area contributed by atoms with Gasteiger partial charge >= 0.3 is 0 Å². The highest BCUT2D eigenvalue weighted by Gasteiger charge is 2.31. The summed E-state index contributed by atoms with van der Waals surface area (Å²) in [6, 6.07) is 11.6. The van der Waals surface area contributed by atoms with Gasteiger partial charge in [0.25, 0.3) is 0 Å². The Morgan fingerprint density at radius 1 is 1.11 bits per heavy atom. The number of hydrogen-bond donors (Lipinski definition) is 1. The monoisotopic (exact) mass is 390 g/mol. The molecule has 7 heteroatoms. The molecule has 0 aromatic heterocycles. The van der Waals surface area contributed by atoms with Crippen LogP contribution in [0.1, 0.15) is 24.5 Å². The standard InChI is InChI=1S/C20H26N2O4S/c1-6-18(20(23)21-17-13-15(3)9-12-19(17)26-4)22(27(5,24)25)16-10-7-14(2)8-11-16/h7-13,18H,6H2,1-5H3,(H,21,23)/t18-/m0/s1. The lowest BCUT2D eigenvalue weighted by Gasteiger charge is -2.30. The topological polar surface area (TPSA) is 75.7 Å². The average molecular weight is 391 g/mol. The van der Waals surface area contributed by atoms with Gasteiger partial charge in [0.1, 0.15) is 11.8 Å². The largest absolute Gasteiger partial charge is 0.495 e. The molecule has 146 valence electrons. The molecule has 0 aliphatic heterocycles. The highest BCUT2D eigenvalue weighted by Crippen LogP contribution is 2.28. The molecule has 0 aliphatic rings. The summed E-state index contributed by atoms with van der Waals surface area (Å²) in [7, 11) is -2.14. The molecular formula is C20H26N2O4S. The van der Waals surface area contributed by atoms with Crippen LogP contribution < -0.4 is 14.4 Å². The van der Waals surface area contributed by atoms with E-state index >= 15 is 0 Å². The number of nitrogens with one attached hydrogen (secondary N) is 1. The van der Waals surface area contributed by atoms with Crippen molar-refractivity contribution in [2.24, 2.45) is 0 Å². The number of ether oxygens (including phenoxy) is 1. The van der Waals surface area contributed by atoms with Crippen LogP contribution in [-0.2, 0) is 14.8 Å². The molecule has 1 atom stereocenters. The maximum atomic E-state index is 13.0. The Balaban J connectivity index is 2.41. The van der Waals surface area contributed by atoms with Gasteiger partial charge in [0.2, 0.25) is 15.9 Å². The van der Waals surface area contributed by atoms with Gasteiger partial charge in [0.05, 0.1) is 24.7 Å². The lowest BCUT2D eigenvalue weighted by molar-refractivity contribution is -0.117. The van der Waals surface area contributed by atoms with Gasteiger partial charge in [0, 0.05) is 0 Å². The molecule has 0 saturated carbocycles. The Labute approximate surface area is 161 Å². The SMILES string of the molecule is CC[C@@H](C(=O)Nc1cc(C)ccc1OC)N(c1ccc(C)cc1)S(C)(=O)=O. The van der Waals surface area contributed by atoms with E-state index < -0.39 is 22.0 Å². The second kappa shape index (κ2) is 8.43. The third-order valence-electron chi connectivity index (χ3n) is 4.23. The fourth-order valence-corrected chi connectivity index (χ4v) is 4.10. The molecule has 2 rings (SSSR count). The summed E-state index contributed by atoms with van der Waals surface area (Å²) < 4.78 is 31.4. The van der Waals surface area contributed by atoms with Crippen molar-refractivity contribution in [2.75, 3.05) is 23.0 Å². The molecule has 2 aromatic carbocycles. The molecule has 0 fully saturated rings. The predicted molar refractivity (Wildman–Crippen MR) is 109 cm³/mol. The number of carbonyl (C=O) groups excluding carboxylic acids is 1. The smallest absolute Gasteiger partial charge is 0.248 e. The fraction of sp³-hybridized carbons (Fsp3) is 0.350. The van der Waals surface area contributed by atoms with E-state index in [1.54, 1.807) is 31.2 Å². The Bertz CT molecular complexity index is 908. The van der Waals surface area contributed by atoms with Crippen molar-refractivity contribution >= 4 is 27.3 Å². The molecule has 2 aromatic rings. The minimum absolute atomic E-state index is 0.320. The second-order valence-corrected chi connectivity index (χ2v) is 8.37. The van der Waals surface area contributed by atoms with Gasteiger partial charge in [-0.25, -0.2) is 8.42 Å². The van der Waals surface area contributed by atoms with E-state index in [0.29, 0.717) is 23.5 Å². The van der Waals surface area contributed by atoms with E-state index in [0.717, 1.165) is 17.4 Å². The third-order valence-corrected chi connectivity index (χ3v) is 5.41. The van der Waals surface area contributed by atoms with Gasteiger partial charge in [-0.2, -0.15) is 0 Å². The van der Waals surface area contributed by atoms with Gasteiger partial charge in [-0.1, -0.05) is 30.7 Å². The summed E-state index contributed by atoms with van der Waals surface area (Å²) >= 11 is 0. The molecule has 1 amide bonds. The van der Waals surface area contributed by atoms with Crippen LogP contribution >= 0.6 is 0 Å². The van der Waals surface area contributed by atoms with E-state index in [9.17, 15) is 13.2 Å². The van der Waals surface area contributed by atoms with E-state index in [2.05, 4.69) is 5.32 Å². The van der Waals surface area contributed by atoms with Crippen molar-refractivity contribution in [3.8, 4) is 5.75 Å². The number of benzene rings is 2. The zero-order valence-corrected chi connectivity index (χ0v) is 17.1. The van der Waals surface area contributed by atoms with E-state index in [-0.39, 0.29) is 0 Å². The number of amides is 1. The summed E-state index contributed by atoms with van der Waals surface area (Å²) in [6.07, 6.45) is 1.43. The number of sulfonamides is 1. The number of nitrogens with zero attached hydrogens (tertiary/aromatic N) is 1. The Morgan fingerprint density at radius 3 is 2.22 bits per heavy atom. The van der Waals surface area contributed by atoms with Crippen LogP contribution in [0.25, 0.3) is 0 Å². The van der Waals surface area contributed by atoms with Crippen molar-refractivity contribution in [2.45, 2.75) is 33.2 Å². The van der Waals surface area contributed by atoms with Gasteiger partial charge in [-0.3, -0.25) is 9.10 Å². The number of aryl methyl sites for hydroxylation is 2. The molecule has 0 bridgehead atoms. The fourth-order valence-electron chi connectivity index (χ4n) is 2.89. The van der Waals surface area contributed by atoms with Crippen molar-refractivity contribution in [3.63, 3.8) is 0 Å². The van der Waals surface area contributed by atoms with Crippen LogP contribution in [0.5, 0.6) is 5.75 Å². The Kier molecular flexibility index (Phi) is 6.49. The second-order valence-electron chi connectivity index (χ2n) is 6.51. The lowest BCUT2D eigenvalue weighted by atomic mass is 10.1. The van der Waals surface area contributed by atoms with Gasteiger partial charge in [0.15, 0.2) is 0 Å². The molecule has 1 N–H and O–H groups in total. The Morgan fingerprint density at radius 2 is 1.70 bits per heavy atom.